The van der Waals surface area contributed by atoms with Crippen molar-refractivity contribution in [3.8, 4) is 5.75 Å². The van der Waals surface area contributed by atoms with Gasteiger partial charge in [-0.3, -0.25) is 19.2 Å². The summed E-state index contributed by atoms with van der Waals surface area (Å²) in [5.41, 5.74) is -0.0704. The van der Waals surface area contributed by atoms with Crippen LogP contribution >= 0.6 is 0 Å². The van der Waals surface area contributed by atoms with Crippen molar-refractivity contribution >= 4 is 29.6 Å². The third-order valence-electron chi connectivity index (χ3n) is 6.29. The number of amides is 1. The average Bonchev–Trinajstić information content (AvgIpc) is 2.98. The molecule has 18 heteroatoms. The molecule has 1 aliphatic heterocycles. The van der Waals surface area contributed by atoms with Gasteiger partial charge in [0.05, 0.1) is 44.5 Å². The maximum absolute atomic E-state index is 13.4. The van der Waals surface area contributed by atoms with E-state index >= 15 is 0 Å². The van der Waals surface area contributed by atoms with Gasteiger partial charge in [-0.2, -0.15) is 0 Å². The summed E-state index contributed by atoms with van der Waals surface area (Å²) in [5.74, 6) is -0.757. The molecular formula is C27H38N2O16. The van der Waals surface area contributed by atoms with Crippen molar-refractivity contribution in [2.24, 2.45) is 5.90 Å². The van der Waals surface area contributed by atoms with Gasteiger partial charge in [-0.15, -0.1) is 0 Å². The molecule has 0 bridgehead atoms. The number of carbonyl (C=O) groups is 5. The van der Waals surface area contributed by atoms with Crippen LogP contribution in [0.4, 0.5) is 0 Å². The lowest BCUT2D eigenvalue weighted by Gasteiger charge is -2.38. The number of hydrogen-bond acceptors (Lipinski definition) is 15. The van der Waals surface area contributed by atoms with E-state index in [1.807, 2.05) is 0 Å². The van der Waals surface area contributed by atoms with E-state index in [4.69, 9.17) is 29.6 Å². The monoisotopic (exact) mass is 646 g/mol. The Kier molecular flexibility index (Phi) is 15.7. The maximum Gasteiger partial charge on any atom is 0.335 e. The molecule has 0 radical (unpaired) electrons. The molecule has 0 aliphatic carbocycles. The summed E-state index contributed by atoms with van der Waals surface area (Å²) < 4.78 is 26.1. The van der Waals surface area contributed by atoms with Crippen LogP contribution in [0.1, 0.15) is 42.1 Å². The van der Waals surface area contributed by atoms with Crippen LogP contribution in [0.2, 0.25) is 0 Å². The van der Waals surface area contributed by atoms with Crippen molar-refractivity contribution in [3.05, 3.63) is 29.3 Å². The van der Waals surface area contributed by atoms with Crippen molar-refractivity contribution in [2.75, 3.05) is 33.0 Å². The molecule has 6 atom stereocenters. The Morgan fingerprint density at radius 3 is 2.24 bits per heavy atom. The number of benzene rings is 1. The van der Waals surface area contributed by atoms with Crippen molar-refractivity contribution in [3.63, 3.8) is 0 Å². The number of hydrogen-bond donors (Lipinski definition) is 7. The van der Waals surface area contributed by atoms with Crippen LogP contribution in [0, 0.1) is 0 Å². The van der Waals surface area contributed by atoms with Crippen molar-refractivity contribution in [1.29, 1.82) is 0 Å². The minimum atomic E-state index is -2.00. The number of aliphatic carboxylic acids is 2. The molecule has 1 aromatic rings. The molecule has 0 aromatic heterocycles. The zero-order valence-electron chi connectivity index (χ0n) is 24.4. The van der Waals surface area contributed by atoms with Crippen LogP contribution < -0.4 is 16.0 Å². The maximum atomic E-state index is 13.4. The van der Waals surface area contributed by atoms with Gasteiger partial charge in [-0.1, -0.05) is 6.07 Å². The van der Waals surface area contributed by atoms with Gasteiger partial charge in [0.2, 0.25) is 6.29 Å². The third kappa shape index (κ3) is 12.3. The van der Waals surface area contributed by atoms with Crippen molar-refractivity contribution in [2.45, 2.75) is 69.5 Å². The fourth-order valence-electron chi connectivity index (χ4n) is 4.01. The second-order valence-electron chi connectivity index (χ2n) is 9.75. The number of nitrogens with one attached hydrogen (secondary N) is 1. The zero-order chi connectivity index (χ0) is 33.5. The van der Waals surface area contributed by atoms with E-state index in [1.165, 1.54) is 18.2 Å². The summed E-state index contributed by atoms with van der Waals surface area (Å²) in [6, 6.07) is 2.26. The average molecular weight is 647 g/mol. The van der Waals surface area contributed by atoms with Gasteiger partial charge in [0.15, 0.2) is 11.9 Å². The van der Waals surface area contributed by atoms with Gasteiger partial charge in [0, 0.05) is 20.0 Å². The summed E-state index contributed by atoms with van der Waals surface area (Å²) in [4.78, 5) is 64.9. The number of nitrogens with two attached hydrogens (primary N) is 1. The van der Waals surface area contributed by atoms with Crippen LogP contribution in [0.15, 0.2) is 18.2 Å². The summed E-state index contributed by atoms with van der Waals surface area (Å²) in [6.45, 7) is 1.99. The smallest absolute Gasteiger partial charge is 0.335 e. The Morgan fingerprint density at radius 2 is 1.62 bits per heavy atom. The molecule has 0 spiro atoms. The van der Waals surface area contributed by atoms with Crippen molar-refractivity contribution < 1.29 is 78.0 Å². The third-order valence-corrected chi connectivity index (χ3v) is 6.29. The second-order valence-corrected chi connectivity index (χ2v) is 9.75. The van der Waals surface area contributed by atoms with Crippen LogP contribution in [-0.4, -0.2) is 125 Å². The molecule has 18 nitrogen and oxygen atoms in total. The minimum absolute atomic E-state index is 0.144. The van der Waals surface area contributed by atoms with Gasteiger partial charge in [0.1, 0.15) is 30.7 Å². The molecule has 2 rings (SSSR count). The van der Waals surface area contributed by atoms with E-state index < -0.39 is 72.8 Å². The standard InChI is InChI=1S/C27H38N2O16/c1-14(30)42-13-15-4-5-19(44-27-23(36)21(34)22(35)24(45-27)26(38)39)16(11-15)25(37)29-17(12-20(32)33)18(31)3-2-6-40-7-8-41-9-10-43-28/h4-5,11,17,21-24,27,34-36H,2-3,6-10,12-13,28H2,1H3,(H,29,37)(H,32,33)(H,38,39)/t17-,21-,22-,23+,24-,27+/m0/s1. The number of ketones is 1. The summed E-state index contributed by atoms with van der Waals surface area (Å²) in [5, 5.41) is 51.4. The molecule has 0 unspecified atom stereocenters. The molecule has 1 aliphatic rings. The lowest BCUT2D eigenvalue weighted by atomic mass is 9.99. The molecule has 0 saturated carbocycles. The predicted octanol–water partition coefficient (Wildman–Crippen LogP) is -2.13. The van der Waals surface area contributed by atoms with Gasteiger partial charge in [-0.25, -0.2) is 10.7 Å². The predicted molar refractivity (Wildman–Crippen MR) is 146 cm³/mol. The number of aliphatic hydroxyl groups is 3. The zero-order valence-corrected chi connectivity index (χ0v) is 24.4. The van der Waals surface area contributed by atoms with E-state index in [0.717, 1.165) is 6.92 Å². The molecule has 8 N–H and O–H groups in total. The highest BCUT2D eigenvalue weighted by atomic mass is 16.7. The first kappa shape index (κ1) is 37.4. The largest absolute Gasteiger partial charge is 0.481 e. The van der Waals surface area contributed by atoms with Gasteiger partial charge >= 0.3 is 17.9 Å². The van der Waals surface area contributed by atoms with Crippen molar-refractivity contribution in [1.82, 2.24) is 5.32 Å². The Balaban J connectivity index is 2.19. The highest BCUT2D eigenvalue weighted by molar-refractivity contribution is 6.01. The Hall–Kier alpha value is -3.75. The number of rotatable bonds is 20. The highest BCUT2D eigenvalue weighted by Crippen LogP contribution is 2.28. The lowest BCUT2D eigenvalue weighted by molar-refractivity contribution is -0.271. The number of carbonyl (C=O) groups excluding carboxylic acids is 3. The summed E-state index contributed by atoms with van der Waals surface area (Å²) >= 11 is 0. The van der Waals surface area contributed by atoms with E-state index in [0.29, 0.717) is 0 Å². The van der Waals surface area contributed by atoms with E-state index in [2.05, 4.69) is 10.2 Å². The molecule has 45 heavy (non-hydrogen) atoms. The first-order chi connectivity index (χ1) is 21.3. The van der Waals surface area contributed by atoms with Gasteiger partial charge < -0.3 is 59.4 Å². The number of esters is 1. The molecule has 1 heterocycles. The van der Waals surface area contributed by atoms with Gasteiger partial charge in [-0.05, 0) is 24.1 Å². The van der Waals surface area contributed by atoms with Crippen LogP contribution in [-0.2, 0) is 49.6 Å². The number of aliphatic hydroxyl groups excluding tert-OH is 3. The van der Waals surface area contributed by atoms with E-state index in [9.17, 15) is 49.5 Å². The highest BCUT2D eigenvalue weighted by Gasteiger charge is 2.48. The molecule has 1 amide bonds. The normalized spacial score (nSPS) is 21.8. The molecular weight excluding hydrogens is 608 g/mol. The Morgan fingerprint density at radius 1 is 0.956 bits per heavy atom. The number of carboxylic acids is 2. The fourth-order valence-corrected chi connectivity index (χ4v) is 4.01. The lowest BCUT2D eigenvalue weighted by Crippen LogP contribution is -2.61. The fraction of sp³-hybridized carbons (Fsp3) is 0.593. The number of ether oxygens (including phenoxy) is 5. The molecule has 1 fully saturated rings. The first-order valence-corrected chi connectivity index (χ1v) is 13.7. The van der Waals surface area contributed by atoms with Crippen LogP contribution in [0.3, 0.4) is 0 Å². The molecule has 252 valence electrons. The number of carboxylic acid groups (broad SMARTS) is 2. The van der Waals surface area contributed by atoms with Crippen LogP contribution in [0.25, 0.3) is 0 Å². The second kappa shape index (κ2) is 18.9. The minimum Gasteiger partial charge on any atom is -0.481 e. The van der Waals surface area contributed by atoms with Gasteiger partial charge in [0.25, 0.3) is 5.91 Å². The number of Topliss-reactive ketones (excluding diaryl/α,β-unsaturated/α-hetero) is 1. The van der Waals surface area contributed by atoms with Crippen LogP contribution in [0.5, 0.6) is 5.75 Å². The summed E-state index contributed by atoms with van der Waals surface area (Å²) in [7, 11) is 0. The Labute approximate surface area is 256 Å². The quantitative estimate of drug-likeness (QED) is 0.0452. The van der Waals surface area contributed by atoms with E-state index in [-0.39, 0.29) is 69.4 Å². The Bertz CT molecular complexity index is 1160. The molecule has 1 saturated heterocycles. The topological polar surface area (TPSA) is 280 Å². The van der Waals surface area contributed by atoms with E-state index in [1.54, 1.807) is 0 Å². The molecule has 1 aromatic carbocycles. The SMILES string of the molecule is CC(=O)OCc1ccc(O[C@@H]2O[C@H](C(=O)O)[C@@H](O)[C@H](O)[C@H]2O)c(C(=O)N[C@@H](CC(=O)O)C(=O)CCCOCCOCCON)c1. The summed E-state index contributed by atoms with van der Waals surface area (Å²) in [6.07, 6.45) is -10.5. The first-order valence-electron chi connectivity index (χ1n) is 13.7.